The highest BCUT2D eigenvalue weighted by Gasteiger charge is 2.28. The minimum atomic E-state index is -0.119. The molecule has 1 atom stereocenters. The fourth-order valence-electron chi connectivity index (χ4n) is 3.34. The number of rotatable bonds is 6. The third kappa shape index (κ3) is 4.31. The van der Waals surface area contributed by atoms with Crippen LogP contribution in [0.2, 0.25) is 0 Å². The molecule has 0 aliphatic carbocycles. The van der Waals surface area contributed by atoms with Gasteiger partial charge in [0.1, 0.15) is 0 Å². The molecule has 0 spiro atoms. The van der Waals surface area contributed by atoms with Crippen LogP contribution in [0.15, 0.2) is 36.5 Å². The minimum absolute atomic E-state index is 0.00177. The fraction of sp³-hybridized carbons (Fsp3) is 0.450. The van der Waals surface area contributed by atoms with Gasteiger partial charge >= 0.3 is 0 Å². The van der Waals surface area contributed by atoms with Crippen LogP contribution in [0.25, 0.3) is 0 Å². The number of H-pyrrole nitrogens is 1. The quantitative estimate of drug-likeness (QED) is 0.837. The van der Waals surface area contributed by atoms with E-state index in [2.05, 4.69) is 15.5 Å². The van der Waals surface area contributed by atoms with E-state index in [0.29, 0.717) is 25.1 Å². The number of amides is 2. The van der Waals surface area contributed by atoms with Crippen molar-refractivity contribution < 1.29 is 9.59 Å². The van der Waals surface area contributed by atoms with Crippen LogP contribution in [0.4, 0.5) is 0 Å². The summed E-state index contributed by atoms with van der Waals surface area (Å²) in [4.78, 5) is 26.8. The first-order valence-electron chi connectivity index (χ1n) is 9.20. The second kappa shape index (κ2) is 8.17. The number of nitrogens with zero attached hydrogens (tertiary/aromatic N) is 2. The molecule has 1 aromatic carbocycles. The summed E-state index contributed by atoms with van der Waals surface area (Å²) >= 11 is 0. The normalized spacial score (nSPS) is 16.9. The van der Waals surface area contributed by atoms with Crippen LogP contribution in [0.3, 0.4) is 0 Å². The highest BCUT2D eigenvalue weighted by Crippen LogP contribution is 2.17. The average Bonchev–Trinajstić information content (AvgIpc) is 3.30. The number of aromatic nitrogens is 2. The molecule has 0 radical (unpaired) electrons. The van der Waals surface area contributed by atoms with E-state index in [0.717, 1.165) is 18.5 Å². The third-order valence-corrected chi connectivity index (χ3v) is 4.84. The SMILES string of the molecule is CC(C)c1[nH]ncc1C(=O)NC1CCN(C(=O)CCc2ccccc2)C1. The molecular formula is C20H26N4O2. The van der Waals surface area contributed by atoms with Crippen molar-refractivity contribution in [1.82, 2.24) is 20.4 Å². The van der Waals surface area contributed by atoms with Crippen molar-refractivity contribution in [2.75, 3.05) is 13.1 Å². The first-order valence-corrected chi connectivity index (χ1v) is 9.20. The van der Waals surface area contributed by atoms with Gasteiger partial charge < -0.3 is 10.2 Å². The zero-order valence-corrected chi connectivity index (χ0v) is 15.4. The summed E-state index contributed by atoms with van der Waals surface area (Å²) in [6.45, 7) is 5.31. The van der Waals surface area contributed by atoms with Gasteiger partial charge in [-0.2, -0.15) is 5.10 Å². The highest BCUT2D eigenvalue weighted by atomic mass is 16.2. The maximum absolute atomic E-state index is 12.5. The Balaban J connectivity index is 1.49. The Labute approximate surface area is 154 Å². The van der Waals surface area contributed by atoms with Crippen LogP contribution in [0.5, 0.6) is 0 Å². The largest absolute Gasteiger partial charge is 0.347 e. The summed E-state index contributed by atoms with van der Waals surface area (Å²) in [5.74, 6) is 0.237. The summed E-state index contributed by atoms with van der Waals surface area (Å²) in [5.41, 5.74) is 2.61. The van der Waals surface area contributed by atoms with Gasteiger partial charge in [0.25, 0.3) is 5.91 Å². The summed E-state index contributed by atoms with van der Waals surface area (Å²) in [5, 5.41) is 9.92. The highest BCUT2D eigenvalue weighted by molar-refractivity contribution is 5.95. The van der Waals surface area contributed by atoms with E-state index in [9.17, 15) is 9.59 Å². The number of carbonyl (C=O) groups excluding carboxylic acids is 2. The number of benzene rings is 1. The monoisotopic (exact) mass is 354 g/mol. The molecule has 1 fully saturated rings. The van der Waals surface area contributed by atoms with E-state index >= 15 is 0 Å². The maximum Gasteiger partial charge on any atom is 0.255 e. The lowest BCUT2D eigenvalue weighted by Crippen LogP contribution is -2.38. The molecule has 2 N–H and O–H groups in total. The molecule has 2 amide bonds. The molecule has 6 heteroatoms. The van der Waals surface area contributed by atoms with Crippen LogP contribution in [-0.4, -0.2) is 46.0 Å². The summed E-state index contributed by atoms with van der Waals surface area (Å²) in [6, 6.07) is 10.0. The molecule has 1 saturated heterocycles. The zero-order valence-electron chi connectivity index (χ0n) is 15.4. The molecule has 0 bridgehead atoms. The summed E-state index contributed by atoms with van der Waals surface area (Å²) in [7, 11) is 0. The van der Waals surface area contributed by atoms with Gasteiger partial charge in [-0.1, -0.05) is 44.2 Å². The smallest absolute Gasteiger partial charge is 0.255 e. The maximum atomic E-state index is 12.5. The van der Waals surface area contributed by atoms with Crippen LogP contribution < -0.4 is 5.32 Å². The van der Waals surface area contributed by atoms with Gasteiger partial charge in [0.05, 0.1) is 17.5 Å². The number of likely N-dealkylation sites (tertiary alicyclic amines) is 1. The molecule has 138 valence electrons. The van der Waals surface area contributed by atoms with Crippen molar-refractivity contribution >= 4 is 11.8 Å². The Hall–Kier alpha value is -2.63. The molecule has 6 nitrogen and oxygen atoms in total. The van der Waals surface area contributed by atoms with E-state index in [-0.39, 0.29) is 23.8 Å². The van der Waals surface area contributed by atoms with E-state index in [1.54, 1.807) is 6.20 Å². The summed E-state index contributed by atoms with van der Waals surface area (Å²) < 4.78 is 0. The Bertz CT molecular complexity index is 754. The Morgan fingerprint density at radius 2 is 2.08 bits per heavy atom. The van der Waals surface area contributed by atoms with Gasteiger partial charge in [0.2, 0.25) is 5.91 Å². The molecule has 1 unspecified atom stereocenters. The third-order valence-electron chi connectivity index (χ3n) is 4.84. The van der Waals surface area contributed by atoms with Crippen molar-refractivity contribution in [3.63, 3.8) is 0 Å². The van der Waals surface area contributed by atoms with E-state index in [4.69, 9.17) is 0 Å². The molecule has 0 saturated carbocycles. The predicted octanol–water partition coefficient (Wildman–Crippen LogP) is 2.50. The molecular weight excluding hydrogens is 328 g/mol. The average molecular weight is 354 g/mol. The summed E-state index contributed by atoms with van der Waals surface area (Å²) in [6.07, 6.45) is 3.62. The molecule has 26 heavy (non-hydrogen) atoms. The second-order valence-corrected chi connectivity index (χ2v) is 7.14. The number of carbonyl (C=O) groups is 2. The van der Waals surface area contributed by atoms with Crippen LogP contribution in [0, 0.1) is 0 Å². The second-order valence-electron chi connectivity index (χ2n) is 7.14. The Morgan fingerprint density at radius 1 is 1.31 bits per heavy atom. The van der Waals surface area contributed by atoms with Crippen LogP contribution >= 0.6 is 0 Å². The van der Waals surface area contributed by atoms with Gasteiger partial charge in [-0.3, -0.25) is 14.7 Å². The van der Waals surface area contributed by atoms with Gasteiger partial charge in [0, 0.05) is 25.6 Å². The number of aryl methyl sites for hydroxylation is 1. The minimum Gasteiger partial charge on any atom is -0.347 e. The molecule has 2 heterocycles. The number of hydrogen-bond acceptors (Lipinski definition) is 3. The molecule has 1 aromatic heterocycles. The van der Waals surface area contributed by atoms with Gasteiger partial charge in [-0.25, -0.2) is 0 Å². The van der Waals surface area contributed by atoms with Crippen molar-refractivity contribution in [3.8, 4) is 0 Å². The van der Waals surface area contributed by atoms with Gasteiger partial charge in [-0.05, 0) is 24.3 Å². The van der Waals surface area contributed by atoms with Crippen LogP contribution in [-0.2, 0) is 11.2 Å². The number of aromatic amines is 1. The Morgan fingerprint density at radius 3 is 2.81 bits per heavy atom. The first kappa shape index (κ1) is 18.2. The lowest BCUT2D eigenvalue weighted by atomic mass is 10.1. The van der Waals surface area contributed by atoms with E-state index < -0.39 is 0 Å². The van der Waals surface area contributed by atoms with Gasteiger partial charge in [-0.15, -0.1) is 0 Å². The van der Waals surface area contributed by atoms with Gasteiger partial charge in [0.15, 0.2) is 0 Å². The van der Waals surface area contributed by atoms with E-state index in [1.165, 1.54) is 5.56 Å². The van der Waals surface area contributed by atoms with Crippen molar-refractivity contribution in [3.05, 3.63) is 53.3 Å². The first-order chi connectivity index (χ1) is 12.5. The van der Waals surface area contributed by atoms with Crippen molar-refractivity contribution in [2.24, 2.45) is 0 Å². The molecule has 1 aliphatic rings. The lowest BCUT2D eigenvalue weighted by molar-refractivity contribution is -0.130. The number of nitrogens with one attached hydrogen (secondary N) is 2. The Kier molecular flexibility index (Phi) is 5.71. The predicted molar refractivity (Wildman–Crippen MR) is 99.9 cm³/mol. The molecule has 3 rings (SSSR count). The van der Waals surface area contributed by atoms with Crippen molar-refractivity contribution in [2.45, 2.75) is 45.1 Å². The topological polar surface area (TPSA) is 78.1 Å². The number of hydrogen-bond donors (Lipinski definition) is 2. The van der Waals surface area contributed by atoms with Crippen LogP contribution in [0.1, 0.15) is 54.2 Å². The molecule has 2 aromatic rings. The lowest BCUT2D eigenvalue weighted by Gasteiger charge is -2.17. The zero-order chi connectivity index (χ0) is 18.5. The van der Waals surface area contributed by atoms with Crippen molar-refractivity contribution in [1.29, 1.82) is 0 Å². The fourth-order valence-corrected chi connectivity index (χ4v) is 3.34. The standard InChI is InChI=1S/C20H26N4O2/c1-14(2)19-17(12-21-23-19)20(26)22-16-10-11-24(13-16)18(25)9-8-15-6-4-3-5-7-15/h3-7,12,14,16H,8-11,13H2,1-2H3,(H,21,23)(H,22,26). The van der Waals surface area contributed by atoms with E-state index in [1.807, 2.05) is 49.1 Å². The molecule has 1 aliphatic heterocycles.